The third-order valence-electron chi connectivity index (χ3n) is 5.13. The van der Waals surface area contributed by atoms with Gasteiger partial charge in [0.25, 0.3) is 0 Å². The van der Waals surface area contributed by atoms with E-state index in [1.165, 1.54) is 10.9 Å². The first kappa shape index (κ1) is 24.4. The highest BCUT2D eigenvalue weighted by atomic mass is 32.2. The molecule has 0 radical (unpaired) electrons. The fourth-order valence-corrected chi connectivity index (χ4v) is 3.82. The van der Waals surface area contributed by atoms with Crippen molar-refractivity contribution in [2.24, 2.45) is 0 Å². The van der Waals surface area contributed by atoms with E-state index in [2.05, 4.69) is 39.3 Å². The number of hydrogen-bond donors (Lipinski definition) is 2. The van der Waals surface area contributed by atoms with Crippen LogP contribution in [0.2, 0.25) is 0 Å². The molecule has 0 atom stereocenters. The van der Waals surface area contributed by atoms with Crippen molar-refractivity contribution in [3.63, 3.8) is 0 Å². The van der Waals surface area contributed by atoms with Gasteiger partial charge in [-0.15, -0.1) is 0 Å². The summed E-state index contributed by atoms with van der Waals surface area (Å²) in [5, 5.41) is 2.88. The number of ether oxygens (including phenoxy) is 2. The first-order valence-electron chi connectivity index (χ1n) is 11.4. The fraction of sp³-hybridized carbons (Fsp3) is 0.185. The quantitative estimate of drug-likeness (QED) is 0.218. The maximum Gasteiger partial charge on any atom is 0.326 e. The van der Waals surface area contributed by atoms with E-state index < -0.39 is 0 Å². The minimum absolute atomic E-state index is 0.220. The number of hydrogen-bond acceptors (Lipinski definition) is 6. The Kier molecular flexibility index (Phi) is 8.80. The highest BCUT2D eigenvalue weighted by Gasteiger charge is 2.08. The number of rotatable bonds is 11. The van der Waals surface area contributed by atoms with Gasteiger partial charge in [0.2, 0.25) is 0 Å². The molecule has 1 aromatic heterocycles. The summed E-state index contributed by atoms with van der Waals surface area (Å²) >= 11 is 1.58. The van der Waals surface area contributed by atoms with Gasteiger partial charge in [0, 0.05) is 23.2 Å². The maximum absolute atomic E-state index is 12.4. The molecule has 0 aliphatic rings. The molecule has 7 nitrogen and oxygen atoms in total. The van der Waals surface area contributed by atoms with E-state index in [0.29, 0.717) is 26.2 Å². The van der Waals surface area contributed by atoms with Crippen LogP contribution in [0.25, 0.3) is 11.3 Å². The number of amides is 1. The minimum atomic E-state index is -0.220. The van der Waals surface area contributed by atoms with Gasteiger partial charge in [-0.1, -0.05) is 30.3 Å². The van der Waals surface area contributed by atoms with Crippen LogP contribution in [-0.4, -0.2) is 35.8 Å². The molecular weight excluding hydrogens is 460 g/mol. The lowest BCUT2D eigenvalue weighted by atomic mass is 10.1. The van der Waals surface area contributed by atoms with Gasteiger partial charge in [-0.05, 0) is 79.5 Å². The fourth-order valence-electron chi connectivity index (χ4n) is 3.31. The van der Waals surface area contributed by atoms with Crippen LogP contribution in [0.5, 0.6) is 11.5 Å². The molecule has 0 aliphatic carbocycles. The average Bonchev–Trinajstić information content (AvgIpc) is 3.40. The van der Waals surface area contributed by atoms with Crippen molar-refractivity contribution in [2.45, 2.75) is 17.9 Å². The zero-order chi connectivity index (χ0) is 24.3. The van der Waals surface area contributed by atoms with Crippen LogP contribution in [0.15, 0.2) is 96.3 Å². The van der Waals surface area contributed by atoms with Gasteiger partial charge in [-0.2, -0.15) is 0 Å². The van der Waals surface area contributed by atoms with Crippen molar-refractivity contribution in [2.75, 3.05) is 20.2 Å². The van der Waals surface area contributed by atoms with Gasteiger partial charge >= 0.3 is 6.03 Å². The number of carbonyl (C=O) groups is 1. The monoisotopic (exact) mass is 488 g/mol. The molecule has 0 aliphatic heterocycles. The Morgan fingerprint density at radius 3 is 2.43 bits per heavy atom. The standard InChI is InChI=1S/C27H28N4O3S/c1-28-35-25-14-8-21(9-15-25)19-34-24-12-10-22(11-13-24)26-18-31(20-30-26)27(32)29-16-5-17-33-23-6-3-2-4-7-23/h2-4,6-15,18,20,28H,5,16-17,19H2,1H3,(H,29,32). The molecule has 0 bridgehead atoms. The van der Waals surface area contributed by atoms with E-state index in [4.69, 9.17) is 9.47 Å². The van der Waals surface area contributed by atoms with Crippen molar-refractivity contribution in [3.05, 3.63) is 97.0 Å². The van der Waals surface area contributed by atoms with Gasteiger partial charge in [0.1, 0.15) is 24.4 Å². The number of imidazole rings is 1. The summed E-state index contributed by atoms with van der Waals surface area (Å²) in [6.45, 7) is 1.55. The van der Waals surface area contributed by atoms with Gasteiger partial charge in [0.15, 0.2) is 0 Å². The van der Waals surface area contributed by atoms with E-state index >= 15 is 0 Å². The zero-order valence-electron chi connectivity index (χ0n) is 19.5. The lowest BCUT2D eigenvalue weighted by Gasteiger charge is -2.08. The molecule has 35 heavy (non-hydrogen) atoms. The van der Waals surface area contributed by atoms with Crippen LogP contribution in [0.3, 0.4) is 0 Å². The molecule has 0 spiro atoms. The Hall–Kier alpha value is -3.75. The molecule has 1 heterocycles. The molecule has 0 unspecified atom stereocenters. The van der Waals surface area contributed by atoms with E-state index in [1.54, 1.807) is 18.1 Å². The summed E-state index contributed by atoms with van der Waals surface area (Å²) in [7, 11) is 1.90. The average molecular weight is 489 g/mol. The number of nitrogens with one attached hydrogen (secondary N) is 2. The lowest BCUT2D eigenvalue weighted by Crippen LogP contribution is -2.29. The Balaban J connectivity index is 1.22. The summed E-state index contributed by atoms with van der Waals surface area (Å²) in [6.07, 6.45) is 3.95. The molecule has 1 amide bonds. The Morgan fingerprint density at radius 1 is 0.943 bits per heavy atom. The topological polar surface area (TPSA) is 77.4 Å². The van der Waals surface area contributed by atoms with Gasteiger partial charge < -0.3 is 14.8 Å². The highest BCUT2D eigenvalue weighted by molar-refractivity contribution is 7.97. The third-order valence-corrected chi connectivity index (χ3v) is 5.84. The number of nitrogens with zero attached hydrogens (tertiary/aromatic N) is 2. The van der Waals surface area contributed by atoms with Crippen LogP contribution in [0.1, 0.15) is 12.0 Å². The van der Waals surface area contributed by atoms with Crippen molar-refractivity contribution < 1.29 is 14.3 Å². The van der Waals surface area contributed by atoms with Crippen molar-refractivity contribution in [1.29, 1.82) is 0 Å². The third kappa shape index (κ3) is 7.37. The first-order valence-corrected chi connectivity index (χ1v) is 12.2. The summed E-state index contributed by atoms with van der Waals surface area (Å²) in [5.41, 5.74) is 2.73. The largest absolute Gasteiger partial charge is 0.494 e. The number of para-hydroxylation sites is 1. The molecule has 2 N–H and O–H groups in total. The molecule has 8 heteroatoms. The molecule has 0 fully saturated rings. The Labute approximate surface area is 209 Å². The molecule has 180 valence electrons. The summed E-state index contributed by atoms with van der Waals surface area (Å²) in [6, 6.07) is 25.3. The van der Waals surface area contributed by atoms with Crippen molar-refractivity contribution >= 4 is 18.0 Å². The normalized spacial score (nSPS) is 10.7. The SMILES string of the molecule is CNSc1ccc(COc2ccc(-c3cn(C(=O)NCCCOc4ccccc4)cn3)cc2)cc1. The lowest BCUT2D eigenvalue weighted by molar-refractivity contribution is 0.240. The number of aromatic nitrogens is 2. The second kappa shape index (κ2) is 12.6. The van der Waals surface area contributed by atoms with E-state index in [-0.39, 0.29) is 6.03 Å². The molecule has 0 saturated carbocycles. The predicted molar refractivity (Wildman–Crippen MR) is 139 cm³/mol. The van der Waals surface area contributed by atoms with Crippen LogP contribution >= 0.6 is 11.9 Å². The van der Waals surface area contributed by atoms with Gasteiger partial charge in [0.05, 0.1) is 12.3 Å². The van der Waals surface area contributed by atoms with Crippen LogP contribution in [0, 0.1) is 0 Å². The Morgan fingerprint density at radius 2 is 1.69 bits per heavy atom. The van der Waals surface area contributed by atoms with Gasteiger partial charge in [-0.3, -0.25) is 9.29 Å². The maximum atomic E-state index is 12.4. The molecule has 3 aromatic carbocycles. The van der Waals surface area contributed by atoms with Crippen LogP contribution < -0.4 is 19.5 Å². The molecular formula is C27H28N4O3S. The van der Waals surface area contributed by atoms with Crippen LogP contribution in [0.4, 0.5) is 4.79 Å². The minimum Gasteiger partial charge on any atom is -0.494 e. The number of benzene rings is 3. The van der Waals surface area contributed by atoms with E-state index in [1.807, 2.05) is 61.6 Å². The second-order valence-corrected chi connectivity index (χ2v) is 8.76. The molecule has 0 saturated heterocycles. The molecule has 4 aromatic rings. The van der Waals surface area contributed by atoms with Crippen molar-refractivity contribution in [3.8, 4) is 22.8 Å². The first-order chi connectivity index (χ1) is 17.2. The summed E-state index contributed by atoms with van der Waals surface area (Å²) in [4.78, 5) is 17.9. The summed E-state index contributed by atoms with van der Waals surface area (Å²) < 4.78 is 16.0. The predicted octanol–water partition coefficient (Wildman–Crippen LogP) is 5.38. The van der Waals surface area contributed by atoms with Gasteiger partial charge in [-0.25, -0.2) is 9.78 Å². The van der Waals surface area contributed by atoms with Crippen molar-refractivity contribution in [1.82, 2.24) is 19.6 Å². The number of carbonyl (C=O) groups excluding carboxylic acids is 1. The highest BCUT2D eigenvalue weighted by Crippen LogP contribution is 2.22. The van der Waals surface area contributed by atoms with E-state index in [9.17, 15) is 4.79 Å². The smallest absolute Gasteiger partial charge is 0.326 e. The second-order valence-electron chi connectivity index (χ2n) is 7.68. The Bertz CT molecular complexity index is 1200. The van der Waals surface area contributed by atoms with Crippen LogP contribution in [-0.2, 0) is 6.61 Å². The van der Waals surface area contributed by atoms with E-state index in [0.717, 1.165) is 33.2 Å². The summed E-state index contributed by atoms with van der Waals surface area (Å²) in [5.74, 6) is 1.60. The molecule has 4 rings (SSSR count). The zero-order valence-corrected chi connectivity index (χ0v) is 20.3.